The minimum Gasteiger partial charge on any atom is -0.0622 e. The maximum atomic E-state index is 3.69. The molecule has 2 heteroatoms. The third-order valence-electron chi connectivity index (χ3n) is 3.24. The number of hydrogen-bond donors (Lipinski definition) is 0. The first-order valence-corrected chi connectivity index (χ1v) is 7.95. The molecule has 0 atom stereocenters. The van der Waals surface area contributed by atoms with Crippen molar-refractivity contribution in [2.45, 2.75) is 0 Å². The fraction of sp³-hybridized carbons (Fsp3) is 0. The van der Waals surface area contributed by atoms with Gasteiger partial charge in [0.1, 0.15) is 0 Å². The Bertz CT molecular complexity index is 733. The second-order valence-corrected chi connectivity index (χ2v) is 6.22. The van der Waals surface area contributed by atoms with E-state index < -0.39 is 0 Å². The van der Waals surface area contributed by atoms with Gasteiger partial charge in [0.15, 0.2) is 0 Å². The third kappa shape index (κ3) is 2.58. The highest BCUT2D eigenvalue weighted by molar-refractivity contribution is 9.11. The Morgan fingerprint density at radius 2 is 1.10 bits per heavy atom. The normalized spacial score (nSPS) is 10.5. The highest BCUT2D eigenvalue weighted by Gasteiger charge is 2.12. The van der Waals surface area contributed by atoms with Crippen LogP contribution < -0.4 is 0 Å². The molecule has 0 radical (unpaired) electrons. The van der Waals surface area contributed by atoms with Crippen LogP contribution in [0.2, 0.25) is 0 Å². The van der Waals surface area contributed by atoms with E-state index in [1.54, 1.807) is 0 Å². The molecule has 0 saturated heterocycles. The second kappa shape index (κ2) is 5.94. The molecule has 0 spiro atoms. The molecule has 0 saturated carbocycles. The summed E-state index contributed by atoms with van der Waals surface area (Å²) in [5.74, 6) is 0. The molecule has 0 N–H and O–H groups in total. The lowest BCUT2D eigenvalue weighted by Crippen LogP contribution is -1.87. The molecule has 0 aromatic heterocycles. The Kier molecular flexibility index (Phi) is 4.04. The van der Waals surface area contributed by atoms with Crippen LogP contribution in [0.15, 0.2) is 81.7 Å². The van der Waals surface area contributed by atoms with E-state index >= 15 is 0 Å². The molecule has 0 heterocycles. The lowest BCUT2D eigenvalue weighted by molar-refractivity contribution is 1.54. The van der Waals surface area contributed by atoms with Crippen molar-refractivity contribution in [1.82, 2.24) is 0 Å². The van der Waals surface area contributed by atoms with E-state index in [2.05, 4.69) is 92.5 Å². The minimum absolute atomic E-state index is 1.10. The summed E-state index contributed by atoms with van der Waals surface area (Å²) in [7, 11) is 0. The summed E-state index contributed by atoms with van der Waals surface area (Å²) in [5, 5.41) is 0. The molecule has 3 aromatic carbocycles. The van der Waals surface area contributed by atoms with Crippen molar-refractivity contribution in [1.29, 1.82) is 0 Å². The smallest absolute Gasteiger partial charge is 0.0260 e. The largest absolute Gasteiger partial charge is 0.0622 e. The molecular formula is C18H12Br2. The van der Waals surface area contributed by atoms with Crippen molar-refractivity contribution < 1.29 is 0 Å². The van der Waals surface area contributed by atoms with Crippen LogP contribution in [0, 0.1) is 0 Å². The van der Waals surface area contributed by atoms with Gasteiger partial charge in [-0.05, 0) is 28.8 Å². The molecule has 0 aliphatic rings. The average Bonchev–Trinajstić information content (AvgIpc) is 2.49. The number of rotatable bonds is 2. The summed E-state index contributed by atoms with van der Waals surface area (Å²) in [5.41, 5.74) is 4.86. The first-order chi connectivity index (χ1) is 9.77. The third-order valence-corrected chi connectivity index (χ3v) is 4.59. The molecule has 20 heavy (non-hydrogen) atoms. The van der Waals surface area contributed by atoms with Crippen LogP contribution in [0.4, 0.5) is 0 Å². The maximum absolute atomic E-state index is 3.69. The Morgan fingerprint density at radius 1 is 0.500 bits per heavy atom. The highest BCUT2D eigenvalue weighted by atomic mass is 79.9. The predicted molar refractivity (Wildman–Crippen MR) is 92.7 cm³/mol. The zero-order valence-corrected chi connectivity index (χ0v) is 13.9. The second-order valence-electron chi connectivity index (χ2n) is 4.51. The Balaban J connectivity index is 2.29. The van der Waals surface area contributed by atoms with Crippen LogP contribution in [0.3, 0.4) is 0 Å². The van der Waals surface area contributed by atoms with Crippen molar-refractivity contribution in [3.8, 4) is 22.3 Å². The molecule has 3 aromatic rings. The van der Waals surface area contributed by atoms with Gasteiger partial charge in [0.25, 0.3) is 0 Å². The van der Waals surface area contributed by atoms with E-state index in [1.165, 1.54) is 22.3 Å². The molecule has 0 amide bonds. The summed E-state index contributed by atoms with van der Waals surface area (Å²) in [6.07, 6.45) is 0. The summed E-state index contributed by atoms with van der Waals surface area (Å²) in [6, 6.07) is 25.1. The van der Waals surface area contributed by atoms with E-state index in [0.29, 0.717) is 0 Å². The number of halogens is 2. The van der Waals surface area contributed by atoms with Gasteiger partial charge in [0.2, 0.25) is 0 Å². The van der Waals surface area contributed by atoms with E-state index in [0.717, 1.165) is 8.95 Å². The van der Waals surface area contributed by atoms with Crippen LogP contribution in [-0.4, -0.2) is 0 Å². The molecule has 0 unspecified atom stereocenters. The van der Waals surface area contributed by atoms with Crippen LogP contribution >= 0.6 is 31.9 Å². The Morgan fingerprint density at radius 3 is 1.85 bits per heavy atom. The maximum Gasteiger partial charge on any atom is 0.0260 e. The van der Waals surface area contributed by atoms with Gasteiger partial charge in [-0.3, -0.25) is 0 Å². The van der Waals surface area contributed by atoms with Gasteiger partial charge in [-0.15, -0.1) is 0 Å². The number of benzene rings is 3. The average molecular weight is 388 g/mol. The Labute approximate surface area is 135 Å². The molecule has 0 bridgehead atoms. The minimum atomic E-state index is 1.10. The molecule has 0 fully saturated rings. The van der Waals surface area contributed by atoms with Crippen molar-refractivity contribution in [3.05, 3.63) is 81.7 Å². The zero-order chi connectivity index (χ0) is 13.9. The fourth-order valence-electron chi connectivity index (χ4n) is 2.32. The van der Waals surface area contributed by atoms with E-state index in [9.17, 15) is 0 Å². The quantitative estimate of drug-likeness (QED) is 0.467. The van der Waals surface area contributed by atoms with Gasteiger partial charge in [0, 0.05) is 14.5 Å². The van der Waals surface area contributed by atoms with E-state index in [1.807, 2.05) is 12.1 Å². The standard InChI is InChI=1S/C18H12Br2/c19-16-11-5-4-9-15(16)18-14(10-6-12-17(18)20)13-7-2-1-3-8-13/h1-12H. The van der Waals surface area contributed by atoms with Crippen LogP contribution in [0.25, 0.3) is 22.3 Å². The van der Waals surface area contributed by atoms with Gasteiger partial charge in [-0.2, -0.15) is 0 Å². The topological polar surface area (TPSA) is 0 Å². The van der Waals surface area contributed by atoms with Gasteiger partial charge in [0.05, 0.1) is 0 Å². The molecule has 0 aliphatic heterocycles. The zero-order valence-electron chi connectivity index (χ0n) is 10.7. The monoisotopic (exact) mass is 386 g/mol. The number of hydrogen-bond acceptors (Lipinski definition) is 0. The SMILES string of the molecule is Brc1ccccc1-c1c(Br)cccc1-c1ccccc1. The van der Waals surface area contributed by atoms with Crippen LogP contribution in [0.5, 0.6) is 0 Å². The summed E-state index contributed by atoms with van der Waals surface area (Å²) < 4.78 is 2.20. The fourth-order valence-corrected chi connectivity index (χ4v) is 3.38. The Hall–Kier alpha value is -1.38. The summed E-state index contributed by atoms with van der Waals surface area (Å²) in [4.78, 5) is 0. The van der Waals surface area contributed by atoms with E-state index in [-0.39, 0.29) is 0 Å². The first-order valence-electron chi connectivity index (χ1n) is 6.36. The molecule has 0 nitrogen and oxygen atoms in total. The van der Waals surface area contributed by atoms with E-state index in [4.69, 9.17) is 0 Å². The van der Waals surface area contributed by atoms with Gasteiger partial charge in [-0.1, -0.05) is 92.5 Å². The van der Waals surface area contributed by atoms with Gasteiger partial charge >= 0.3 is 0 Å². The lowest BCUT2D eigenvalue weighted by Gasteiger charge is -2.13. The lowest BCUT2D eigenvalue weighted by atomic mass is 9.95. The molecular weight excluding hydrogens is 376 g/mol. The highest BCUT2D eigenvalue weighted by Crippen LogP contribution is 2.40. The predicted octanol–water partition coefficient (Wildman–Crippen LogP) is 6.55. The summed E-state index contributed by atoms with van der Waals surface area (Å²) >= 11 is 7.35. The van der Waals surface area contributed by atoms with Gasteiger partial charge in [-0.25, -0.2) is 0 Å². The van der Waals surface area contributed by atoms with Crippen molar-refractivity contribution in [2.24, 2.45) is 0 Å². The van der Waals surface area contributed by atoms with Crippen LogP contribution in [0.1, 0.15) is 0 Å². The molecule has 0 aliphatic carbocycles. The van der Waals surface area contributed by atoms with Crippen molar-refractivity contribution in [2.75, 3.05) is 0 Å². The summed E-state index contributed by atoms with van der Waals surface area (Å²) in [6.45, 7) is 0. The van der Waals surface area contributed by atoms with Crippen LogP contribution in [-0.2, 0) is 0 Å². The first kappa shape index (κ1) is 13.6. The van der Waals surface area contributed by atoms with Gasteiger partial charge < -0.3 is 0 Å². The molecule has 3 rings (SSSR count). The molecule has 98 valence electrons. The van der Waals surface area contributed by atoms with Crippen molar-refractivity contribution in [3.63, 3.8) is 0 Å². The van der Waals surface area contributed by atoms with Crippen molar-refractivity contribution >= 4 is 31.9 Å².